The largest absolute Gasteiger partial charge is 0.330 e. The average Bonchev–Trinajstić information content (AvgIpc) is 3.29. The summed E-state index contributed by atoms with van der Waals surface area (Å²) in [6.45, 7) is 0.181. The van der Waals surface area contributed by atoms with Crippen LogP contribution in [0.5, 0.6) is 0 Å². The molecule has 0 aliphatic rings. The maximum absolute atomic E-state index is 13.3. The molecule has 0 bridgehead atoms. The van der Waals surface area contributed by atoms with Crippen LogP contribution >= 0.6 is 22.9 Å². The van der Waals surface area contributed by atoms with Gasteiger partial charge in [-0.2, -0.15) is 0 Å². The number of hydrogen-bond donors (Lipinski definition) is 2. The summed E-state index contributed by atoms with van der Waals surface area (Å²) in [6, 6.07) is 26.0. The number of amides is 2. The Labute approximate surface area is 200 Å². The lowest BCUT2D eigenvalue weighted by molar-refractivity contribution is -0.117. The Balaban J connectivity index is 1.51. The van der Waals surface area contributed by atoms with Crippen LogP contribution in [0.25, 0.3) is 0 Å². The highest BCUT2D eigenvalue weighted by molar-refractivity contribution is 7.14. The van der Waals surface area contributed by atoms with Gasteiger partial charge in [-0.3, -0.25) is 9.59 Å². The second-order valence-corrected chi connectivity index (χ2v) is 8.47. The number of anilines is 3. The van der Waals surface area contributed by atoms with Crippen LogP contribution in [0.1, 0.15) is 16.1 Å². The van der Waals surface area contributed by atoms with Crippen LogP contribution in [0.4, 0.5) is 16.5 Å². The van der Waals surface area contributed by atoms with E-state index in [4.69, 9.17) is 11.6 Å². The molecule has 0 aliphatic heterocycles. The Hall–Kier alpha value is -3.68. The van der Waals surface area contributed by atoms with Crippen molar-refractivity contribution < 1.29 is 9.59 Å². The molecular weight excluding hydrogens is 456 g/mol. The van der Waals surface area contributed by atoms with Gasteiger partial charge in [0.15, 0.2) is 5.13 Å². The second kappa shape index (κ2) is 10.8. The van der Waals surface area contributed by atoms with E-state index in [1.807, 2.05) is 66.7 Å². The zero-order valence-electron chi connectivity index (χ0n) is 17.6. The van der Waals surface area contributed by atoms with Gasteiger partial charge in [0, 0.05) is 17.6 Å². The van der Waals surface area contributed by atoms with Crippen molar-refractivity contribution in [3.8, 4) is 0 Å². The van der Waals surface area contributed by atoms with Crippen molar-refractivity contribution in [2.45, 2.75) is 6.54 Å². The zero-order chi connectivity index (χ0) is 23.0. The molecule has 0 radical (unpaired) electrons. The Kier molecular flexibility index (Phi) is 7.34. The highest BCUT2D eigenvalue weighted by Crippen LogP contribution is 2.27. The highest BCUT2D eigenvalue weighted by Gasteiger charge is 2.22. The number of carbonyl (C=O) groups is 2. The molecule has 2 N–H and O–H groups in total. The number of aromatic nitrogens is 1. The van der Waals surface area contributed by atoms with E-state index in [0.717, 1.165) is 5.56 Å². The fraction of sp³-hybridized carbons (Fsp3) is 0.0800. The highest BCUT2D eigenvalue weighted by atomic mass is 35.5. The molecule has 0 atom stereocenters. The molecular formula is C25H21ClN4O2S. The smallest absolute Gasteiger partial charge is 0.274 e. The quantitative estimate of drug-likeness (QED) is 0.336. The van der Waals surface area contributed by atoms with Crippen molar-refractivity contribution >= 4 is 51.3 Å². The number of nitrogens with zero attached hydrogens (tertiary/aromatic N) is 2. The normalized spacial score (nSPS) is 10.5. The number of carbonyl (C=O) groups excluding carboxylic acids is 2. The summed E-state index contributed by atoms with van der Waals surface area (Å²) in [4.78, 5) is 31.9. The van der Waals surface area contributed by atoms with E-state index in [-0.39, 0.29) is 30.6 Å². The first-order valence-corrected chi connectivity index (χ1v) is 11.5. The lowest BCUT2D eigenvalue weighted by atomic mass is 10.2. The van der Waals surface area contributed by atoms with E-state index in [9.17, 15) is 9.59 Å². The van der Waals surface area contributed by atoms with Crippen LogP contribution in [0.15, 0.2) is 90.3 Å². The first-order chi connectivity index (χ1) is 16.1. The molecule has 0 unspecified atom stereocenters. The van der Waals surface area contributed by atoms with Crippen molar-refractivity contribution in [2.24, 2.45) is 0 Å². The van der Waals surface area contributed by atoms with E-state index in [2.05, 4.69) is 15.6 Å². The summed E-state index contributed by atoms with van der Waals surface area (Å²) in [5.41, 5.74) is 2.56. The van der Waals surface area contributed by atoms with Gasteiger partial charge >= 0.3 is 0 Å². The van der Waals surface area contributed by atoms with Gasteiger partial charge in [-0.15, -0.1) is 11.3 Å². The molecule has 0 spiro atoms. The fourth-order valence-corrected chi connectivity index (χ4v) is 4.05. The molecule has 3 aromatic carbocycles. The number of para-hydroxylation sites is 2. The molecule has 0 fully saturated rings. The predicted octanol–water partition coefficient (Wildman–Crippen LogP) is 5.82. The summed E-state index contributed by atoms with van der Waals surface area (Å²) in [7, 11) is 0. The van der Waals surface area contributed by atoms with Crippen LogP contribution < -0.4 is 10.6 Å². The third-order valence-electron chi connectivity index (χ3n) is 4.73. The number of halogens is 1. The van der Waals surface area contributed by atoms with Gasteiger partial charge in [-0.05, 0) is 29.8 Å². The lowest BCUT2D eigenvalue weighted by Gasteiger charge is -2.21. The van der Waals surface area contributed by atoms with Gasteiger partial charge in [0.25, 0.3) is 5.91 Å². The van der Waals surface area contributed by atoms with Gasteiger partial charge < -0.3 is 15.5 Å². The number of rotatable bonds is 8. The molecule has 2 amide bonds. The fourth-order valence-electron chi connectivity index (χ4n) is 3.17. The van der Waals surface area contributed by atoms with Crippen molar-refractivity contribution in [1.82, 2.24) is 9.88 Å². The standard InChI is InChI=1S/C25H21ClN4O2S/c26-20-13-7-8-14-21(20)28-25-29-22(17-33-25)24(32)30(15-18-9-3-1-4-10-18)16-23(31)27-19-11-5-2-6-12-19/h1-14,17H,15-16H2,(H,27,31)(H,28,29). The topological polar surface area (TPSA) is 74.3 Å². The first kappa shape index (κ1) is 22.5. The van der Waals surface area contributed by atoms with Crippen molar-refractivity contribution in [1.29, 1.82) is 0 Å². The Morgan fingerprint density at radius 1 is 0.909 bits per heavy atom. The predicted molar refractivity (Wildman–Crippen MR) is 133 cm³/mol. The van der Waals surface area contributed by atoms with Crippen LogP contribution in [-0.2, 0) is 11.3 Å². The molecule has 33 heavy (non-hydrogen) atoms. The van der Waals surface area contributed by atoms with Gasteiger partial charge in [0.05, 0.1) is 10.7 Å². The van der Waals surface area contributed by atoms with Gasteiger partial charge in [0.2, 0.25) is 5.91 Å². The lowest BCUT2D eigenvalue weighted by Crippen LogP contribution is -2.37. The minimum Gasteiger partial charge on any atom is -0.330 e. The molecule has 1 heterocycles. The third-order valence-corrected chi connectivity index (χ3v) is 5.82. The maximum Gasteiger partial charge on any atom is 0.274 e. The van der Waals surface area contributed by atoms with Crippen LogP contribution in [0.2, 0.25) is 5.02 Å². The van der Waals surface area contributed by atoms with Crippen LogP contribution in [-0.4, -0.2) is 28.2 Å². The van der Waals surface area contributed by atoms with Crippen molar-refractivity contribution in [3.05, 3.63) is 107 Å². The minimum atomic E-state index is -0.328. The molecule has 4 aromatic rings. The first-order valence-electron chi connectivity index (χ1n) is 10.2. The van der Waals surface area contributed by atoms with E-state index < -0.39 is 0 Å². The minimum absolute atomic E-state index is 0.104. The molecule has 6 nitrogen and oxygen atoms in total. The molecule has 4 rings (SSSR count). The van der Waals surface area contributed by atoms with Gasteiger partial charge in [0.1, 0.15) is 12.2 Å². The summed E-state index contributed by atoms with van der Waals surface area (Å²) in [5.74, 6) is -0.611. The Morgan fingerprint density at radius 3 is 2.30 bits per heavy atom. The Morgan fingerprint density at radius 2 is 1.58 bits per heavy atom. The summed E-state index contributed by atoms with van der Waals surface area (Å²) >= 11 is 7.50. The second-order valence-electron chi connectivity index (χ2n) is 7.20. The number of hydrogen-bond acceptors (Lipinski definition) is 5. The molecule has 0 saturated heterocycles. The van der Waals surface area contributed by atoms with E-state index >= 15 is 0 Å². The SMILES string of the molecule is O=C(CN(Cc1ccccc1)C(=O)c1csc(Nc2ccccc2Cl)n1)Nc1ccccc1. The molecule has 8 heteroatoms. The molecule has 1 aromatic heterocycles. The molecule has 0 aliphatic carbocycles. The van der Waals surface area contributed by atoms with Crippen LogP contribution in [0.3, 0.4) is 0 Å². The van der Waals surface area contributed by atoms with Gasteiger partial charge in [-0.1, -0.05) is 72.3 Å². The number of thiazole rings is 1. The summed E-state index contributed by atoms with van der Waals surface area (Å²) in [6.07, 6.45) is 0. The van der Waals surface area contributed by atoms with E-state index in [1.54, 1.807) is 23.6 Å². The average molecular weight is 477 g/mol. The summed E-state index contributed by atoms with van der Waals surface area (Å²) in [5, 5.41) is 8.74. The summed E-state index contributed by atoms with van der Waals surface area (Å²) < 4.78 is 0. The maximum atomic E-state index is 13.3. The number of nitrogens with one attached hydrogen (secondary N) is 2. The monoisotopic (exact) mass is 476 g/mol. The Bertz CT molecular complexity index is 1230. The van der Waals surface area contributed by atoms with Crippen molar-refractivity contribution in [3.63, 3.8) is 0 Å². The van der Waals surface area contributed by atoms with Crippen LogP contribution in [0, 0.1) is 0 Å². The molecule has 166 valence electrons. The van der Waals surface area contributed by atoms with E-state index in [1.165, 1.54) is 16.2 Å². The number of benzene rings is 3. The van der Waals surface area contributed by atoms with E-state index in [0.29, 0.717) is 21.5 Å². The molecule has 0 saturated carbocycles. The zero-order valence-corrected chi connectivity index (χ0v) is 19.1. The van der Waals surface area contributed by atoms with Gasteiger partial charge in [-0.25, -0.2) is 4.98 Å². The van der Waals surface area contributed by atoms with Crippen molar-refractivity contribution in [2.75, 3.05) is 17.2 Å². The third kappa shape index (κ3) is 6.19.